The summed E-state index contributed by atoms with van der Waals surface area (Å²) < 4.78 is 39.5. The van der Waals surface area contributed by atoms with Gasteiger partial charge in [0.1, 0.15) is 0 Å². The van der Waals surface area contributed by atoms with E-state index in [-0.39, 0.29) is 6.16 Å². The van der Waals surface area contributed by atoms with Crippen LogP contribution in [-0.2, 0) is 35.0 Å². The number of hydrogen-bond acceptors (Lipinski definition) is 5. The molecule has 21 heavy (non-hydrogen) atoms. The first-order valence-electron chi connectivity index (χ1n) is 7.06. The molecule has 0 spiro atoms. The summed E-state index contributed by atoms with van der Waals surface area (Å²) in [5, 5.41) is 0. The lowest BCUT2D eigenvalue weighted by Gasteiger charge is -2.16. The molecule has 1 aromatic rings. The van der Waals surface area contributed by atoms with Gasteiger partial charge in [-0.2, -0.15) is 0 Å². The third kappa shape index (κ3) is 6.82. The standard InChI is InChI=1S/C14H23O5P2/c1-4-17-20(15)11-13-7-9-14(10-8-13)12-21(16,18-5-2)19-6-3/h7-10H,4-6,11-12H2,1-3H3/q+1. The van der Waals surface area contributed by atoms with E-state index in [1.54, 1.807) is 13.8 Å². The zero-order valence-corrected chi connectivity index (χ0v) is 14.6. The summed E-state index contributed by atoms with van der Waals surface area (Å²) in [5.41, 5.74) is 1.80. The SMILES string of the molecule is CCO[P+](=O)Cc1ccc(CP(=O)(OCC)OCC)cc1. The van der Waals surface area contributed by atoms with E-state index >= 15 is 0 Å². The molecule has 1 unspecified atom stereocenters. The molecule has 0 aliphatic heterocycles. The van der Waals surface area contributed by atoms with Crippen LogP contribution >= 0.6 is 15.6 Å². The predicted molar refractivity (Wildman–Crippen MR) is 83.9 cm³/mol. The molecule has 5 nitrogen and oxygen atoms in total. The second kappa shape index (κ2) is 9.45. The third-order valence-electron chi connectivity index (χ3n) is 2.64. The first kappa shape index (κ1) is 18.5. The molecule has 0 radical (unpaired) electrons. The Morgan fingerprint density at radius 2 is 1.48 bits per heavy atom. The summed E-state index contributed by atoms with van der Waals surface area (Å²) in [5.74, 6) is 0. The Morgan fingerprint density at radius 3 is 1.95 bits per heavy atom. The summed E-state index contributed by atoms with van der Waals surface area (Å²) in [6.07, 6.45) is 0.630. The van der Waals surface area contributed by atoms with Crippen molar-refractivity contribution in [3.05, 3.63) is 35.4 Å². The highest BCUT2D eigenvalue weighted by molar-refractivity contribution is 7.53. The Labute approximate surface area is 127 Å². The van der Waals surface area contributed by atoms with Gasteiger partial charge in [0.15, 0.2) is 0 Å². The summed E-state index contributed by atoms with van der Waals surface area (Å²) in [7, 11) is -4.74. The molecule has 0 fully saturated rings. The van der Waals surface area contributed by atoms with Gasteiger partial charge in [0.25, 0.3) is 0 Å². The van der Waals surface area contributed by atoms with Gasteiger partial charge in [0, 0.05) is 5.56 Å². The molecule has 0 saturated heterocycles. The van der Waals surface area contributed by atoms with Crippen LogP contribution in [0.15, 0.2) is 24.3 Å². The van der Waals surface area contributed by atoms with Gasteiger partial charge in [-0.1, -0.05) is 24.3 Å². The van der Waals surface area contributed by atoms with Crippen LogP contribution < -0.4 is 0 Å². The van der Waals surface area contributed by atoms with Crippen molar-refractivity contribution in [2.75, 3.05) is 19.8 Å². The Morgan fingerprint density at radius 1 is 0.952 bits per heavy atom. The molecule has 0 saturated carbocycles. The first-order chi connectivity index (χ1) is 10.0. The lowest BCUT2D eigenvalue weighted by molar-refractivity contribution is 0.219. The molecule has 7 heteroatoms. The minimum absolute atomic E-state index is 0.243. The molecule has 118 valence electrons. The van der Waals surface area contributed by atoms with E-state index in [1.165, 1.54) is 0 Å². The van der Waals surface area contributed by atoms with E-state index < -0.39 is 15.6 Å². The van der Waals surface area contributed by atoms with Crippen molar-refractivity contribution in [2.45, 2.75) is 33.1 Å². The average molecular weight is 333 g/mol. The molecule has 1 aromatic carbocycles. The molecule has 0 heterocycles. The van der Waals surface area contributed by atoms with Crippen molar-refractivity contribution in [2.24, 2.45) is 0 Å². The second-order valence-corrected chi connectivity index (χ2v) is 7.62. The molecule has 0 bridgehead atoms. The highest BCUT2D eigenvalue weighted by Gasteiger charge is 2.24. The van der Waals surface area contributed by atoms with Crippen molar-refractivity contribution < 1.29 is 22.7 Å². The summed E-state index contributed by atoms with van der Waals surface area (Å²) in [6, 6.07) is 7.44. The fourth-order valence-electron chi connectivity index (χ4n) is 1.83. The highest BCUT2D eigenvalue weighted by Crippen LogP contribution is 2.51. The van der Waals surface area contributed by atoms with E-state index in [9.17, 15) is 9.13 Å². The van der Waals surface area contributed by atoms with Gasteiger partial charge < -0.3 is 9.05 Å². The van der Waals surface area contributed by atoms with Crippen molar-refractivity contribution >= 4 is 15.6 Å². The molecule has 0 amide bonds. The van der Waals surface area contributed by atoms with Gasteiger partial charge in [-0.25, -0.2) is 0 Å². The van der Waals surface area contributed by atoms with E-state index in [0.29, 0.717) is 26.0 Å². The topological polar surface area (TPSA) is 61.8 Å². The molecule has 1 rings (SSSR count). The second-order valence-electron chi connectivity index (χ2n) is 4.33. The Bertz CT molecular complexity index is 477. The zero-order chi connectivity index (χ0) is 15.7. The first-order valence-corrected chi connectivity index (χ1v) is 10.2. The van der Waals surface area contributed by atoms with Gasteiger partial charge in [0.2, 0.25) is 6.16 Å². The van der Waals surface area contributed by atoms with Crippen LogP contribution in [0.25, 0.3) is 0 Å². The van der Waals surface area contributed by atoms with Crippen LogP contribution in [0.3, 0.4) is 0 Å². The fraction of sp³-hybridized carbons (Fsp3) is 0.571. The summed E-state index contributed by atoms with van der Waals surface area (Å²) in [4.78, 5) is 0. The Balaban J connectivity index is 2.68. The van der Waals surface area contributed by atoms with Gasteiger partial charge >= 0.3 is 15.6 Å². The normalized spacial score (nSPS) is 12.4. The number of benzene rings is 1. The van der Waals surface area contributed by atoms with Crippen LogP contribution in [0.1, 0.15) is 31.9 Å². The van der Waals surface area contributed by atoms with Crippen LogP contribution in [0.2, 0.25) is 0 Å². The molecular weight excluding hydrogens is 310 g/mol. The minimum Gasteiger partial charge on any atom is -0.309 e. The van der Waals surface area contributed by atoms with Gasteiger partial charge in [0.05, 0.1) is 26.0 Å². The van der Waals surface area contributed by atoms with E-state index in [1.807, 2.05) is 31.2 Å². The number of hydrogen-bond donors (Lipinski definition) is 0. The van der Waals surface area contributed by atoms with Crippen LogP contribution in [0.5, 0.6) is 0 Å². The average Bonchev–Trinajstić information content (AvgIpc) is 2.41. The lowest BCUT2D eigenvalue weighted by Crippen LogP contribution is -1.99. The van der Waals surface area contributed by atoms with Crippen molar-refractivity contribution in [3.63, 3.8) is 0 Å². The highest BCUT2D eigenvalue weighted by atomic mass is 31.2. The largest absolute Gasteiger partial charge is 0.512 e. The maximum atomic E-state index is 12.4. The van der Waals surface area contributed by atoms with Gasteiger partial charge in [-0.05, 0) is 30.9 Å². The van der Waals surface area contributed by atoms with Crippen molar-refractivity contribution in [3.8, 4) is 0 Å². The predicted octanol–water partition coefficient (Wildman–Crippen LogP) is 4.73. The van der Waals surface area contributed by atoms with E-state index in [4.69, 9.17) is 13.6 Å². The molecule has 0 aliphatic rings. The van der Waals surface area contributed by atoms with Crippen LogP contribution in [0, 0.1) is 0 Å². The third-order valence-corrected chi connectivity index (χ3v) is 5.86. The molecular formula is C14H23O5P2+. The fourth-order valence-corrected chi connectivity index (χ4v) is 4.42. The smallest absolute Gasteiger partial charge is 0.309 e. The van der Waals surface area contributed by atoms with Crippen molar-refractivity contribution in [1.82, 2.24) is 0 Å². The Hall–Kier alpha value is -0.570. The van der Waals surface area contributed by atoms with Crippen LogP contribution in [-0.4, -0.2) is 19.8 Å². The molecule has 0 aliphatic carbocycles. The lowest BCUT2D eigenvalue weighted by atomic mass is 10.2. The number of rotatable bonds is 10. The van der Waals surface area contributed by atoms with Crippen molar-refractivity contribution in [1.29, 1.82) is 0 Å². The van der Waals surface area contributed by atoms with E-state index in [0.717, 1.165) is 11.1 Å². The Kier molecular flexibility index (Phi) is 8.31. The maximum Gasteiger partial charge on any atom is 0.512 e. The monoisotopic (exact) mass is 333 g/mol. The quantitative estimate of drug-likeness (QED) is 0.579. The van der Waals surface area contributed by atoms with Gasteiger partial charge in [-0.15, -0.1) is 4.52 Å². The molecule has 1 atom stereocenters. The zero-order valence-electron chi connectivity index (χ0n) is 12.8. The minimum atomic E-state index is -3.08. The molecule has 0 N–H and O–H groups in total. The molecule has 0 aromatic heterocycles. The maximum absolute atomic E-state index is 12.4. The van der Waals surface area contributed by atoms with E-state index in [2.05, 4.69) is 0 Å². The van der Waals surface area contributed by atoms with Gasteiger partial charge in [-0.3, -0.25) is 4.57 Å². The summed E-state index contributed by atoms with van der Waals surface area (Å²) >= 11 is 0. The van der Waals surface area contributed by atoms with Crippen LogP contribution in [0.4, 0.5) is 0 Å². The summed E-state index contributed by atoms with van der Waals surface area (Å²) in [6.45, 7) is 6.54.